The molecule has 0 aliphatic heterocycles. The van der Waals surface area contributed by atoms with E-state index in [0.717, 1.165) is 11.1 Å². The Morgan fingerprint density at radius 2 is 1.70 bits per heavy atom. The summed E-state index contributed by atoms with van der Waals surface area (Å²) >= 11 is 0. The average Bonchev–Trinajstić information content (AvgIpc) is 2.55. The average molecular weight is 338 g/mol. The zero-order chi connectivity index (χ0) is 16.7. The van der Waals surface area contributed by atoms with Crippen LogP contribution >= 0.6 is 0 Å². The van der Waals surface area contributed by atoms with E-state index in [2.05, 4.69) is 10.0 Å². The van der Waals surface area contributed by atoms with E-state index in [-0.39, 0.29) is 11.7 Å². The van der Waals surface area contributed by atoms with Gasteiger partial charge in [0.25, 0.3) is 0 Å². The summed E-state index contributed by atoms with van der Waals surface area (Å²) in [7, 11) is -1.84. The van der Waals surface area contributed by atoms with Crippen LogP contribution in [-0.4, -0.2) is 21.4 Å². The van der Waals surface area contributed by atoms with Crippen molar-refractivity contribution in [2.24, 2.45) is 5.92 Å². The van der Waals surface area contributed by atoms with Crippen LogP contribution in [0.3, 0.4) is 0 Å². The number of hydrogen-bond donors (Lipinski definition) is 2. The molecule has 0 atom stereocenters. The molecule has 0 spiro atoms. The van der Waals surface area contributed by atoms with Gasteiger partial charge in [0.2, 0.25) is 15.9 Å². The molecule has 1 saturated carbocycles. The van der Waals surface area contributed by atoms with Gasteiger partial charge in [-0.25, -0.2) is 13.1 Å². The molecule has 1 amide bonds. The smallest absolute Gasteiger partial charge is 0.220 e. The summed E-state index contributed by atoms with van der Waals surface area (Å²) in [5, 5.41) is 2.96. The third kappa shape index (κ3) is 6.31. The van der Waals surface area contributed by atoms with Crippen molar-refractivity contribution in [1.29, 1.82) is 0 Å². The Morgan fingerprint density at radius 3 is 2.30 bits per heavy atom. The molecule has 1 aliphatic rings. The van der Waals surface area contributed by atoms with Gasteiger partial charge in [0, 0.05) is 13.0 Å². The van der Waals surface area contributed by atoms with Crippen LogP contribution in [0.15, 0.2) is 24.3 Å². The first-order chi connectivity index (χ1) is 11.0. The van der Waals surface area contributed by atoms with Gasteiger partial charge in [0.1, 0.15) is 0 Å². The molecule has 0 heterocycles. The Hall–Kier alpha value is -1.40. The van der Waals surface area contributed by atoms with E-state index in [9.17, 15) is 13.2 Å². The van der Waals surface area contributed by atoms with Gasteiger partial charge in [0.05, 0.1) is 5.75 Å². The molecule has 2 N–H and O–H groups in total. The van der Waals surface area contributed by atoms with Gasteiger partial charge in [-0.2, -0.15) is 0 Å². The molecule has 0 saturated heterocycles. The van der Waals surface area contributed by atoms with Crippen LogP contribution in [0.1, 0.15) is 49.7 Å². The highest BCUT2D eigenvalue weighted by Gasteiger charge is 2.16. The fourth-order valence-corrected chi connectivity index (χ4v) is 3.75. The summed E-state index contributed by atoms with van der Waals surface area (Å²) in [6, 6.07) is 7.30. The molecule has 0 aromatic heterocycles. The van der Waals surface area contributed by atoms with Crippen molar-refractivity contribution < 1.29 is 13.2 Å². The van der Waals surface area contributed by atoms with Crippen molar-refractivity contribution in [1.82, 2.24) is 10.0 Å². The largest absolute Gasteiger partial charge is 0.352 e. The van der Waals surface area contributed by atoms with Crippen LogP contribution < -0.4 is 10.0 Å². The number of carbonyl (C=O) groups is 1. The molecule has 0 unspecified atom stereocenters. The Morgan fingerprint density at radius 1 is 1.09 bits per heavy atom. The molecule has 128 valence electrons. The van der Waals surface area contributed by atoms with E-state index in [0.29, 0.717) is 18.9 Å². The summed E-state index contributed by atoms with van der Waals surface area (Å²) in [6.07, 6.45) is 6.75. The topological polar surface area (TPSA) is 75.3 Å². The molecular formula is C17H26N2O3S. The predicted octanol–water partition coefficient (Wildman–Crippen LogP) is 2.32. The van der Waals surface area contributed by atoms with Gasteiger partial charge >= 0.3 is 0 Å². The third-order valence-corrected chi connectivity index (χ3v) is 5.71. The first-order valence-corrected chi connectivity index (χ1v) is 9.89. The zero-order valence-corrected chi connectivity index (χ0v) is 14.5. The summed E-state index contributed by atoms with van der Waals surface area (Å²) in [5.74, 6) is 0.620. The highest BCUT2D eigenvalue weighted by atomic mass is 32.2. The molecule has 1 fully saturated rings. The fourth-order valence-electron chi connectivity index (χ4n) is 2.97. The van der Waals surface area contributed by atoms with Crippen molar-refractivity contribution >= 4 is 15.9 Å². The minimum atomic E-state index is -3.25. The summed E-state index contributed by atoms with van der Waals surface area (Å²) < 4.78 is 25.3. The molecule has 1 aliphatic carbocycles. The molecule has 23 heavy (non-hydrogen) atoms. The van der Waals surface area contributed by atoms with E-state index in [4.69, 9.17) is 0 Å². The third-order valence-electron chi connectivity index (χ3n) is 4.38. The van der Waals surface area contributed by atoms with Gasteiger partial charge < -0.3 is 5.32 Å². The Labute approximate surface area is 138 Å². The molecule has 1 aromatic carbocycles. The highest BCUT2D eigenvalue weighted by molar-refractivity contribution is 7.88. The lowest BCUT2D eigenvalue weighted by Gasteiger charge is -2.20. The number of benzene rings is 1. The number of nitrogens with one attached hydrogen (secondary N) is 2. The number of amides is 1. The lowest BCUT2D eigenvalue weighted by Crippen LogP contribution is -2.25. The second kappa shape index (κ2) is 8.45. The van der Waals surface area contributed by atoms with Gasteiger partial charge in [-0.3, -0.25) is 4.79 Å². The van der Waals surface area contributed by atoms with Crippen LogP contribution in [0.5, 0.6) is 0 Å². The van der Waals surface area contributed by atoms with Gasteiger partial charge in [-0.05, 0) is 36.9 Å². The maximum absolute atomic E-state index is 12.0. The molecule has 5 nitrogen and oxygen atoms in total. The van der Waals surface area contributed by atoms with Crippen LogP contribution in [0.2, 0.25) is 0 Å². The maximum Gasteiger partial charge on any atom is 0.220 e. The lowest BCUT2D eigenvalue weighted by molar-refractivity contribution is -0.122. The molecule has 1 aromatic rings. The normalized spacial score (nSPS) is 16.2. The Kier molecular flexibility index (Phi) is 6.59. The Bertz CT molecular complexity index is 605. The van der Waals surface area contributed by atoms with Crippen molar-refractivity contribution in [3.05, 3.63) is 35.4 Å². The monoisotopic (exact) mass is 338 g/mol. The fraction of sp³-hybridized carbons (Fsp3) is 0.588. The summed E-state index contributed by atoms with van der Waals surface area (Å²) in [6.45, 7) is 0.491. The van der Waals surface area contributed by atoms with Crippen molar-refractivity contribution in [2.45, 2.75) is 50.8 Å². The minimum absolute atomic E-state index is 0.0299. The van der Waals surface area contributed by atoms with Gasteiger partial charge in [0.15, 0.2) is 0 Å². The minimum Gasteiger partial charge on any atom is -0.352 e. The van der Waals surface area contributed by atoms with E-state index >= 15 is 0 Å². The van der Waals surface area contributed by atoms with Crippen molar-refractivity contribution in [3.63, 3.8) is 0 Å². The second-order valence-electron chi connectivity index (χ2n) is 6.26. The standard InChI is InChI=1S/C17H26N2O3S/c1-18-23(21,22)13-16-9-7-15(8-10-16)12-19-17(20)11-14-5-3-2-4-6-14/h7-10,14,18H,2-6,11-13H2,1H3,(H,19,20). The van der Waals surface area contributed by atoms with E-state index in [1.54, 1.807) is 12.1 Å². The first kappa shape index (κ1) is 17.9. The lowest BCUT2D eigenvalue weighted by atomic mass is 9.87. The van der Waals surface area contributed by atoms with E-state index in [1.807, 2.05) is 12.1 Å². The summed E-state index contributed by atoms with van der Waals surface area (Å²) in [4.78, 5) is 12.0. The van der Waals surface area contributed by atoms with Crippen LogP contribution in [0.25, 0.3) is 0 Å². The molecule has 0 radical (unpaired) electrons. The van der Waals surface area contributed by atoms with E-state index < -0.39 is 10.0 Å². The summed E-state index contributed by atoms with van der Waals surface area (Å²) in [5.41, 5.74) is 1.71. The van der Waals surface area contributed by atoms with Crippen LogP contribution in [0, 0.1) is 5.92 Å². The maximum atomic E-state index is 12.0. The molecule has 0 bridgehead atoms. The van der Waals surface area contributed by atoms with Gasteiger partial charge in [-0.1, -0.05) is 43.5 Å². The quantitative estimate of drug-likeness (QED) is 0.801. The number of rotatable bonds is 7. The molecule has 2 rings (SSSR count). The SMILES string of the molecule is CNS(=O)(=O)Cc1ccc(CNC(=O)CC2CCCCC2)cc1. The van der Waals surface area contributed by atoms with E-state index in [1.165, 1.54) is 39.2 Å². The Balaban J connectivity index is 1.78. The first-order valence-electron chi connectivity index (χ1n) is 8.24. The number of sulfonamides is 1. The van der Waals surface area contributed by atoms with Crippen molar-refractivity contribution in [2.75, 3.05) is 7.05 Å². The van der Waals surface area contributed by atoms with Gasteiger partial charge in [-0.15, -0.1) is 0 Å². The molecular weight excluding hydrogens is 312 g/mol. The highest BCUT2D eigenvalue weighted by Crippen LogP contribution is 2.26. The zero-order valence-electron chi connectivity index (χ0n) is 13.7. The second-order valence-corrected chi connectivity index (χ2v) is 8.19. The number of hydrogen-bond acceptors (Lipinski definition) is 3. The van der Waals surface area contributed by atoms with Crippen LogP contribution in [-0.2, 0) is 27.1 Å². The predicted molar refractivity (Wildman–Crippen MR) is 91.2 cm³/mol. The van der Waals surface area contributed by atoms with Crippen LogP contribution in [0.4, 0.5) is 0 Å². The molecule has 6 heteroatoms. The number of carbonyl (C=O) groups excluding carboxylic acids is 1. The van der Waals surface area contributed by atoms with Crippen molar-refractivity contribution in [3.8, 4) is 0 Å².